The number of carbonyl (C=O) groups is 1. The molecule has 2 N–H and O–H groups in total. The fourth-order valence-electron chi connectivity index (χ4n) is 3.67. The Bertz CT molecular complexity index is 694. The minimum absolute atomic E-state index is 0.182. The molecule has 3 rings (SSSR count). The van der Waals surface area contributed by atoms with Crippen LogP contribution in [0.1, 0.15) is 39.0 Å². The molecule has 0 radical (unpaired) electrons. The average molecular weight is 389 g/mol. The van der Waals surface area contributed by atoms with Crippen molar-refractivity contribution >= 4 is 17.8 Å². The van der Waals surface area contributed by atoms with E-state index in [9.17, 15) is 4.79 Å². The van der Waals surface area contributed by atoms with E-state index in [1.807, 2.05) is 0 Å². The highest BCUT2D eigenvalue weighted by molar-refractivity contribution is 5.86. The highest BCUT2D eigenvalue weighted by atomic mass is 16.5. The van der Waals surface area contributed by atoms with Crippen molar-refractivity contribution in [3.05, 3.63) is 24.3 Å². The number of amides is 1. The molecule has 0 atom stereocenters. The first-order valence-electron chi connectivity index (χ1n) is 10.2. The van der Waals surface area contributed by atoms with Crippen molar-refractivity contribution in [3.63, 3.8) is 0 Å². The van der Waals surface area contributed by atoms with Gasteiger partial charge in [-0.1, -0.05) is 30.7 Å². The van der Waals surface area contributed by atoms with Gasteiger partial charge in [0.05, 0.1) is 0 Å². The fourth-order valence-corrected chi connectivity index (χ4v) is 3.67. The summed E-state index contributed by atoms with van der Waals surface area (Å²) in [5, 5.41) is 9.99. The Labute approximate surface area is 167 Å². The summed E-state index contributed by atoms with van der Waals surface area (Å²) in [4.78, 5) is 17.9. The van der Waals surface area contributed by atoms with Gasteiger partial charge in [-0.2, -0.15) is 4.98 Å². The molecule has 8 heteroatoms. The predicted octanol–water partition coefficient (Wildman–Crippen LogP) is 2.33. The van der Waals surface area contributed by atoms with Gasteiger partial charge in [-0.15, -0.1) is 5.10 Å². The number of rotatable bonds is 9. The first-order chi connectivity index (χ1) is 13.6. The van der Waals surface area contributed by atoms with Crippen LogP contribution in [0.25, 0.3) is 0 Å². The predicted molar refractivity (Wildman–Crippen MR) is 110 cm³/mol. The van der Waals surface area contributed by atoms with Crippen LogP contribution in [0, 0.1) is 0 Å². The molecule has 2 aliphatic rings. The number of carbonyl (C=O) groups excluding carboxylic acids is 1. The Morgan fingerprint density at radius 2 is 2.00 bits per heavy atom. The van der Waals surface area contributed by atoms with E-state index in [0.717, 1.165) is 39.0 Å². The molecule has 154 valence electrons. The van der Waals surface area contributed by atoms with E-state index in [-0.39, 0.29) is 11.5 Å². The normalized spacial score (nSPS) is 18.9. The maximum Gasteiger partial charge on any atom is 0.250 e. The van der Waals surface area contributed by atoms with Crippen LogP contribution in [0.4, 0.5) is 11.9 Å². The molecule has 1 aromatic rings. The molecule has 1 aliphatic heterocycles. The Morgan fingerprint density at radius 1 is 1.25 bits per heavy atom. The Morgan fingerprint density at radius 3 is 2.71 bits per heavy atom. The summed E-state index contributed by atoms with van der Waals surface area (Å²) in [7, 11) is 1.79. The van der Waals surface area contributed by atoms with Gasteiger partial charge in [0, 0.05) is 33.7 Å². The zero-order valence-electron chi connectivity index (χ0n) is 17.0. The number of aromatic nitrogens is 3. The number of nitrogens with one attached hydrogen (secondary N) is 2. The molecular weight excluding hydrogens is 356 g/mol. The second-order valence-electron chi connectivity index (χ2n) is 7.52. The number of allylic oxidation sites excluding steroid dienone is 2. The van der Waals surface area contributed by atoms with E-state index in [0.29, 0.717) is 18.5 Å². The van der Waals surface area contributed by atoms with Gasteiger partial charge in [-0.25, -0.2) is 4.68 Å². The third-order valence-corrected chi connectivity index (χ3v) is 5.02. The lowest BCUT2D eigenvalue weighted by atomic mass is 9.96. The zero-order chi connectivity index (χ0) is 19.8. The Balaban J connectivity index is 1.45. The van der Waals surface area contributed by atoms with Crippen LogP contribution in [0.2, 0.25) is 0 Å². The van der Waals surface area contributed by atoms with E-state index in [1.165, 1.54) is 26.2 Å². The Hall–Kier alpha value is -2.19. The maximum absolute atomic E-state index is 11.1. The van der Waals surface area contributed by atoms with Crippen LogP contribution >= 0.6 is 0 Å². The molecule has 8 nitrogen and oxygen atoms in total. The zero-order valence-corrected chi connectivity index (χ0v) is 17.0. The fraction of sp³-hybridized carbons (Fsp3) is 0.650. The van der Waals surface area contributed by atoms with E-state index >= 15 is 0 Å². The van der Waals surface area contributed by atoms with Crippen LogP contribution in [0.3, 0.4) is 0 Å². The highest BCUT2D eigenvalue weighted by Gasteiger charge is 2.29. The molecule has 1 fully saturated rings. The highest BCUT2D eigenvalue weighted by Crippen LogP contribution is 2.24. The number of nitrogens with zero attached hydrogens (tertiary/aromatic N) is 4. The monoisotopic (exact) mass is 388 g/mol. The second kappa shape index (κ2) is 9.84. The number of anilines is 2. The number of aryl methyl sites for hydroxylation is 1. The molecule has 0 spiro atoms. The van der Waals surface area contributed by atoms with Crippen molar-refractivity contribution in [2.75, 3.05) is 43.4 Å². The number of piperidine rings is 1. The number of hydrogen-bond acceptors (Lipinski definition) is 6. The van der Waals surface area contributed by atoms with Crippen molar-refractivity contribution in [1.82, 2.24) is 19.7 Å². The number of hydrogen-bond donors (Lipinski definition) is 2. The molecule has 2 heterocycles. The molecule has 0 saturated carbocycles. The van der Waals surface area contributed by atoms with Gasteiger partial charge in [-0.05, 0) is 38.8 Å². The maximum atomic E-state index is 11.1. The van der Waals surface area contributed by atoms with Gasteiger partial charge in [0.2, 0.25) is 11.9 Å². The standard InChI is InChI=1S/C20H32N6O2/c1-17(27)22-18-23-19(25(2)24-18)21-12-9-15-28-20(10-5-3-6-11-20)16-26-13-7-4-8-14-26/h5-6,10-11H,3-4,7-9,12-16H2,1-2H3,(H2,21,22,23,24,27). The van der Waals surface area contributed by atoms with Gasteiger partial charge in [0.1, 0.15) is 5.60 Å². The minimum atomic E-state index is -0.307. The molecule has 1 saturated heterocycles. The summed E-state index contributed by atoms with van der Waals surface area (Å²) in [6, 6.07) is 0. The molecule has 1 amide bonds. The second-order valence-corrected chi connectivity index (χ2v) is 7.52. The lowest BCUT2D eigenvalue weighted by Gasteiger charge is -2.37. The summed E-state index contributed by atoms with van der Waals surface area (Å²) < 4.78 is 7.97. The summed E-state index contributed by atoms with van der Waals surface area (Å²) in [6.45, 7) is 6.07. The quantitative estimate of drug-likeness (QED) is 0.499. The molecule has 1 aliphatic carbocycles. The summed E-state index contributed by atoms with van der Waals surface area (Å²) in [5.41, 5.74) is -0.307. The van der Waals surface area contributed by atoms with Crippen LogP contribution < -0.4 is 10.6 Å². The van der Waals surface area contributed by atoms with Crippen molar-refractivity contribution in [2.45, 2.75) is 44.6 Å². The van der Waals surface area contributed by atoms with Crippen LogP contribution in [0.5, 0.6) is 0 Å². The van der Waals surface area contributed by atoms with Gasteiger partial charge in [0.25, 0.3) is 5.95 Å². The van der Waals surface area contributed by atoms with Crippen molar-refractivity contribution < 1.29 is 9.53 Å². The van der Waals surface area contributed by atoms with E-state index in [2.05, 4.69) is 49.9 Å². The summed E-state index contributed by atoms with van der Waals surface area (Å²) >= 11 is 0. The molecule has 0 unspecified atom stereocenters. The largest absolute Gasteiger partial charge is 0.365 e. The van der Waals surface area contributed by atoms with Crippen molar-refractivity contribution in [3.8, 4) is 0 Å². The van der Waals surface area contributed by atoms with E-state index in [4.69, 9.17) is 4.74 Å². The lowest BCUT2D eigenvalue weighted by Crippen LogP contribution is -2.45. The third-order valence-electron chi connectivity index (χ3n) is 5.02. The number of ether oxygens (including phenoxy) is 1. The van der Waals surface area contributed by atoms with Crippen LogP contribution in [-0.2, 0) is 16.6 Å². The summed E-state index contributed by atoms with van der Waals surface area (Å²) in [6.07, 6.45) is 14.6. The SMILES string of the molecule is CC(=O)Nc1nc(NCCCOC2(CN3CCCCC3)C=CCC=C2)n(C)n1. The van der Waals surface area contributed by atoms with Gasteiger partial charge in [0.15, 0.2) is 0 Å². The van der Waals surface area contributed by atoms with Gasteiger partial charge < -0.3 is 10.1 Å². The first-order valence-corrected chi connectivity index (χ1v) is 10.2. The smallest absolute Gasteiger partial charge is 0.250 e. The number of likely N-dealkylation sites (tertiary alicyclic amines) is 1. The van der Waals surface area contributed by atoms with Crippen LogP contribution in [-0.4, -0.2) is 64.0 Å². The Kier molecular flexibility index (Phi) is 7.22. The van der Waals surface area contributed by atoms with Gasteiger partial charge in [-0.3, -0.25) is 15.0 Å². The van der Waals surface area contributed by atoms with Gasteiger partial charge >= 0.3 is 0 Å². The van der Waals surface area contributed by atoms with E-state index < -0.39 is 0 Å². The third kappa shape index (κ3) is 5.90. The molecule has 0 aromatic carbocycles. The van der Waals surface area contributed by atoms with Crippen molar-refractivity contribution in [1.29, 1.82) is 0 Å². The molecule has 28 heavy (non-hydrogen) atoms. The average Bonchev–Trinajstić information content (AvgIpc) is 3.01. The minimum Gasteiger partial charge on any atom is -0.365 e. The van der Waals surface area contributed by atoms with Crippen LogP contribution in [0.15, 0.2) is 24.3 Å². The first kappa shape index (κ1) is 20.5. The molecule has 1 aromatic heterocycles. The molecule has 0 bridgehead atoms. The van der Waals surface area contributed by atoms with Crippen molar-refractivity contribution in [2.24, 2.45) is 7.05 Å². The molecular formula is C20H32N6O2. The van der Waals surface area contributed by atoms with E-state index in [1.54, 1.807) is 11.7 Å². The summed E-state index contributed by atoms with van der Waals surface area (Å²) in [5.74, 6) is 0.758. The lowest BCUT2D eigenvalue weighted by molar-refractivity contribution is -0.114. The topological polar surface area (TPSA) is 84.3 Å².